The van der Waals surface area contributed by atoms with Crippen LogP contribution in [0.4, 0.5) is 4.79 Å². The Bertz CT molecular complexity index is 211. The Hall–Kier alpha value is 0.270. The van der Waals surface area contributed by atoms with Crippen LogP contribution in [0.25, 0.3) is 5.32 Å². The van der Waals surface area contributed by atoms with Gasteiger partial charge in [0.15, 0.2) is 6.03 Å². The number of hydrogen-bond acceptors (Lipinski definition) is 1. The van der Waals surface area contributed by atoms with Gasteiger partial charge in [-0.1, -0.05) is 34.6 Å². The Morgan fingerprint density at radius 1 is 1.43 bits per heavy atom. The molecule has 14 heavy (non-hydrogen) atoms. The fraction of sp³-hybridized carbons (Fsp3) is 0.900. The minimum absolute atomic E-state index is 0. The topological polar surface area (TPSA) is 34.4 Å². The summed E-state index contributed by atoms with van der Waals surface area (Å²) in [6.45, 7) is 11.1. The predicted molar refractivity (Wildman–Crippen MR) is 53.8 cm³/mol. The number of rotatable bonds is 1. The molecule has 1 aliphatic heterocycles. The van der Waals surface area contributed by atoms with Gasteiger partial charge in [-0.25, -0.2) is 0 Å². The summed E-state index contributed by atoms with van der Waals surface area (Å²) < 4.78 is 0. The molecule has 0 saturated carbocycles. The Labute approximate surface area is 109 Å². The predicted octanol–water partition coefficient (Wildman–Crippen LogP) is -0.377. The molecule has 1 fully saturated rings. The first-order valence-electron chi connectivity index (χ1n) is 4.85. The molecule has 0 aliphatic carbocycles. The molecule has 0 aromatic rings. The number of nitrogens with zero attached hydrogens (tertiary/aromatic N) is 2. The van der Waals surface area contributed by atoms with E-state index >= 15 is 0 Å². The molecule has 1 saturated heterocycles. The number of carbonyl (C=O) groups is 1. The van der Waals surface area contributed by atoms with Gasteiger partial charge in [-0.2, -0.15) is 0 Å². The van der Waals surface area contributed by atoms with Crippen molar-refractivity contribution in [1.82, 2.24) is 4.90 Å². The van der Waals surface area contributed by atoms with Crippen LogP contribution in [0, 0.1) is 5.92 Å². The van der Waals surface area contributed by atoms with Gasteiger partial charge in [0.05, 0.1) is 0 Å². The molecular formula is C10H19N2NaO. The van der Waals surface area contributed by atoms with Crippen molar-refractivity contribution in [2.75, 3.05) is 6.54 Å². The van der Waals surface area contributed by atoms with E-state index in [-0.39, 0.29) is 47.2 Å². The second-order valence-electron chi connectivity index (χ2n) is 5.00. The second-order valence-corrected chi connectivity index (χ2v) is 5.00. The number of hydrogen-bond donors (Lipinski definition) is 0. The molecule has 0 spiro atoms. The summed E-state index contributed by atoms with van der Waals surface area (Å²) in [5.41, 5.74) is -0.0930. The van der Waals surface area contributed by atoms with Crippen LogP contribution in [0.3, 0.4) is 0 Å². The van der Waals surface area contributed by atoms with Gasteiger partial charge in [0.25, 0.3) is 0 Å². The standard InChI is InChI=1S/C10H20N2O.Na/c1-7(2)8-6-12(9(13)11-8)10(3,4)5;/h7-8H,6H2,1-5H3,(H,11,13);/q;+1/p-1/t8-;/m1./s1. The quantitative estimate of drug-likeness (QED) is 0.539. The fourth-order valence-corrected chi connectivity index (χ4v) is 1.44. The van der Waals surface area contributed by atoms with Crippen molar-refractivity contribution in [3.05, 3.63) is 5.32 Å². The molecule has 0 N–H and O–H groups in total. The van der Waals surface area contributed by atoms with E-state index in [0.29, 0.717) is 5.92 Å². The summed E-state index contributed by atoms with van der Waals surface area (Å²) in [5.74, 6) is 0.455. The van der Waals surface area contributed by atoms with E-state index in [9.17, 15) is 4.79 Å². The molecule has 0 bridgehead atoms. The summed E-state index contributed by atoms with van der Waals surface area (Å²) in [4.78, 5) is 13.3. The van der Waals surface area contributed by atoms with Gasteiger partial charge >= 0.3 is 29.6 Å². The first-order valence-corrected chi connectivity index (χ1v) is 4.85. The second kappa shape index (κ2) is 4.86. The molecule has 1 heterocycles. The van der Waals surface area contributed by atoms with Crippen LogP contribution in [-0.4, -0.2) is 29.1 Å². The maximum atomic E-state index is 11.5. The van der Waals surface area contributed by atoms with Gasteiger partial charge < -0.3 is 10.2 Å². The van der Waals surface area contributed by atoms with Crippen LogP contribution in [0.2, 0.25) is 0 Å². The normalized spacial score (nSPS) is 22.3. The van der Waals surface area contributed by atoms with Gasteiger partial charge in [-0.05, 0) is 24.0 Å². The molecule has 2 amide bonds. The molecular weight excluding hydrogens is 187 g/mol. The Morgan fingerprint density at radius 2 is 1.93 bits per heavy atom. The minimum Gasteiger partial charge on any atom is -0.431 e. The van der Waals surface area contributed by atoms with E-state index in [1.54, 1.807) is 0 Å². The van der Waals surface area contributed by atoms with Crippen LogP contribution in [0.5, 0.6) is 0 Å². The van der Waals surface area contributed by atoms with Crippen molar-refractivity contribution >= 4 is 6.03 Å². The smallest absolute Gasteiger partial charge is 0.431 e. The fourth-order valence-electron chi connectivity index (χ4n) is 1.44. The molecule has 4 heteroatoms. The molecule has 3 nitrogen and oxygen atoms in total. The molecule has 1 aliphatic rings. The van der Waals surface area contributed by atoms with E-state index in [0.717, 1.165) is 6.54 Å². The van der Waals surface area contributed by atoms with E-state index in [2.05, 4.69) is 19.2 Å². The van der Waals surface area contributed by atoms with E-state index < -0.39 is 0 Å². The van der Waals surface area contributed by atoms with Crippen LogP contribution >= 0.6 is 0 Å². The first kappa shape index (κ1) is 14.3. The maximum absolute atomic E-state index is 11.5. The summed E-state index contributed by atoms with van der Waals surface area (Å²) in [5, 5.41) is 4.12. The average molecular weight is 206 g/mol. The molecule has 76 valence electrons. The minimum atomic E-state index is -0.0930. The van der Waals surface area contributed by atoms with Crippen LogP contribution < -0.4 is 29.6 Å². The third-order valence-electron chi connectivity index (χ3n) is 2.46. The maximum Gasteiger partial charge on any atom is 1.00 e. The Kier molecular flexibility index (Phi) is 4.96. The van der Waals surface area contributed by atoms with Gasteiger partial charge in [-0.3, -0.25) is 4.79 Å². The van der Waals surface area contributed by atoms with Crippen molar-refractivity contribution < 1.29 is 34.4 Å². The van der Waals surface area contributed by atoms with Crippen molar-refractivity contribution in [3.63, 3.8) is 0 Å². The van der Waals surface area contributed by atoms with Crippen LogP contribution in [0.15, 0.2) is 0 Å². The van der Waals surface area contributed by atoms with Crippen molar-refractivity contribution in [2.45, 2.75) is 46.2 Å². The Morgan fingerprint density at radius 3 is 2.14 bits per heavy atom. The third kappa shape index (κ3) is 3.14. The first-order chi connectivity index (χ1) is 5.82. The molecule has 1 rings (SSSR count). The van der Waals surface area contributed by atoms with Crippen LogP contribution in [-0.2, 0) is 0 Å². The summed E-state index contributed by atoms with van der Waals surface area (Å²) >= 11 is 0. The SMILES string of the molecule is CC(C)[C@H]1CN(C(C)(C)C)C(=O)[N-]1.[Na+]. The number of amides is 2. The molecule has 0 aromatic heterocycles. The van der Waals surface area contributed by atoms with E-state index in [4.69, 9.17) is 0 Å². The van der Waals surface area contributed by atoms with Crippen LogP contribution in [0.1, 0.15) is 34.6 Å². The zero-order valence-electron chi connectivity index (χ0n) is 10.2. The van der Waals surface area contributed by atoms with E-state index in [1.807, 2.05) is 25.7 Å². The largest absolute Gasteiger partial charge is 1.00 e. The van der Waals surface area contributed by atoms with Gasteiger partial charge in [-0.15, -0.1) is 0 Å². The third-order valence-corrected chi connectivity index (χ3v) is 2.46. The van der Waals surface area contributed by atoms with Crippen molar-refractivity contribution in [1.29, 1.82) is 0 Å². The molecule has 0 aromatic carbocycles. The summed E-state index contributed by atoms with van der Waals surface area (Å²) in [6.07, 6.45) is 0. The summed E-state index contributed by atoms with van der Waals surface area (Å²) in [6, 6.07) is 0.137. The van der Waals surface area contributed by atoms with Gasteiger partial charge in [0.1, 0.15) is 0 Å². The average Bonchev–Trinajstić information content (AvgIpc) is 2.29. The van der Waals surface area contributed by atoms with Gasteiger partial charge in [0, 0.05) is 0 Å². The summed E-state index contributed by atoms with van der Waals surface area (Å²) in [7, 11) is 0. The van der Waals surface area contributed by atoms with Crippen molar-refractivity contribution in [2.24, 2.45) is 5.92 Å². The Balaban J connectivity index is 0.00000169. The molecule has 0 unspecified atom stereocenters. The van der Waals surface area contributed by atoms with Crippen molar-refractivity contribution in [3.8, 4) is 0 Å². The number of urea groups is 1. The molecule has 1 atom stereocenters. The zero-order chi connectivity index (χ0) is 10.2. The monoisotopic (exact) mass is 206 g/mol. The zero-order valence-corrected chi connectivity index (χ0v) is 12.2. The molecule has 0 radical (unpaired) electrons. The van der Waals surface area contributed by atoms with E-state index in [1.165, 1.54) is 0 Å². The number of carbonyl (C=O) groups excluding carboxylic acids is 1. The van der Waals surface area contributed by atoms with Gasteiger partial charge in [0.2, 0.25) is 0 Å².